The number of rotatable bonds is 10. The van der Waals surface area contributed by atoms with Crippen LogP contribution in [0.5, 0.6) is 0 Å². The van der Waals surface area contributed by atoms with Gasteiger partial charge in [0.1, 0.15) is 6.29 Å². The summed E-state index contributed by atoms with van der Waals surface area (Å²) in [5.41, 5.74) is 0. The van der Waals surface area contributed by atoms with Crippen LogP contribution in [0.3, 0.4) is 0 Å². The van der Waals surface area contributed by atoms with E-state index in [9.17, 15) is 14.4 Å². The first-order chi connectivity index (χ1) is 9.56. The number of nitrogens with zero attached hydrogens (tertiary/aromatic N) is 1. The van der Waals surface area contributed by atoms with Crippen LogP contribution in [0.4, 0.5) is 0 Å². The Hall–Kier alpha value is -1.49. The molecule has 1 rings (SSSR count). The molecule has 5 heteroatoms. The molecule has 1 atom stereocenters. The van der Waals surface area contributed by atoms with E-state index in [0.717, 1.165) is 38.5 Å². The molecule has 2 amide bonds. The number of amides is 2. The minimum Gasteiger partial charge on any atom is -0.308 e. The zero-order valence-electron chi connectivity index (χ0n) is 12.3. The molecule has 0 spiro atoms. The molecular weight excluding hydrogens is 256 g/mol. The number of imide groups is 1. The Kier molecular flexibility index (Phi) is 7.15. The first-order valence-corrected chi connectivity index (χ1v) is 7.28. The fourth-order valence-electron chi connectivity index (χ4n) is 2.11. The van der Waals surface area contributed by atoms with Crippen LogP contribution in [0, 0.1) is 5.92 Å². The molecule has 5 nitrogen and oxygen atoms in total. The third kappa shape index (κ3) is 5.25. The van der Waals surface area contributed by atoms with Gasteiger partial charge in [0.25, 0.3) is 11.8 Å². The first-order valence-electron chi connectivity index (χ1n) is 7.28. The lowest BCUT2D eigenvalue weighted by atomic mass is 10.1. The highest BCUT2D eigenvalue weighted by atomic mass is 16.2. The van der Waals surface area contributed by atoms with E-state index in [0.29, 0.717) is 12.5 Å². The highest BCUT2D eigenvalue weighted by molar-refractivity contribution is 6.12. The maximum atomic E-state index is 11.3. The Balaban J connectivity index is 2.01. The van der Waals surface area contributed by atoms with Crippen molar-refractivity contribution in [3.63, 3.8) is 0 Å². The molecule has 0 aromatic rings. The molecule has 1 heterocycles. The van der Waals surface area contributed by atoms with E-state index < -0.39 is 0 Å². The summed E-state index contributed by atoms with van der Waals surface area (Å²) in [4.78, 5) is 34.7. The predicted octanol–water partition coefficient (Wildman–Crippen LogP) is 1.28. The van der Waals surface area contributed by atoms with Gasteiger partial charge < -0.3 is 10.1 Å². The molecule has 0 saturated heterocycles. The monoisotopic (exact) mass is 280 g/mol. The van der Waals surface area contributed by atoms with Crippen LogP contribution in [-0.2, 0) is 14.4 Å². The van der Waals surface area contributed by atoms with Gasteiger partial charge in [0, 0.05) is 18.7 Å². The van der Waals surface area contributed by atoms with E-state index in [1.807, 2.05) is 13.8 Å². The van der Waals surface area contributed by atoms with Crippen molar-refractivity contribution in [2.75, 3.05) is 13.1 Å². The molecule has 112 valence electrons. The second-order valence-corrected chi connectivity index (χ2v) is 5.44. The van der Waals surface area contributed by atoms with E-state index in [4.69, 9.17) is 0 Å². The highest BCUT2D eigenvalue weighted by Crippen LogP contribution is 2.07. The molecule has 1 unspecified atom stereocenters. The lowest BCUT2D eigenvalue weighted by molar-refractivity contribution is -0.136. The van der Waals surface area contributed by atoms with Crippen molar-refractivity contribution in [1.82, 2.24) is 10.2 Å². The van der Waals surface area contributed by atoms with E-state index in [2.05, 4.69) is 5.32 Å². The fraction of sp³-hybridized carbons (Fsp3) is 0.667. The molecule has 0 bridgehead atoms. The number of nitrogens with one attached hydrogen (secondary N) is 1. The summed E-state index contributed by atoms with van der Waals surface area (Å²) in [6.07, 6.45) is 7.43. The zero-order chi connectivity index (χ0) is 15.0. The molecule has 0 aromatic heterocycles. The first kappa shape index (κ1) is 16.6. The molecule has 0 saturated carbocycles. The number of unbranched alkanes of at least 4 members (excludes halogenated alkanes) is 3. The molecule has 1 N–H and O–H groups in total. The number of carbonyl (C=O) groups is 3. The quantitative estimate of drug-likeness (QED) is 0.372. The Labute approximate surface area is 120 Å². The zero-order valence-corrected chi connectivity index (χ0v) is 12.3. The van der Waals surface area contributed by atoms with Crippen LogP contribution in [0.25, 0.3) is 0 Å². The summed E-state index contributed by atoms with van der Waals surface area (Å²) in [5, 5.41) is 3.22. The van der Waals surface area contributed by atoms with Gasteiger partial charge in [-0.15, -0.1) is 0 Å². The lowest BCUT2D eigenvalue weighted by Gasteiger charge is -2.16. The van der Waals surface area contributed by atoms with Gasteiger partial charge in [-0.25, -0.2) is 0 Å². The maximum Gasteiger partial charge on any atom is 0.253 e. The van der Waals surface area contributed by atoms with Crippen LogP contribution >= 0.6 is 0 Å². The van der Waals surface area contributed by atoms with Gasteiger partial charge in [-0.1, -0.05) is 26.7 Å². The third-order valence-corrected chi connectivity index (χ3v) is 3.45. The van der Waals surface area contributed by atoms with Crippen molar-refractivity contribution in [3.8, 4) is 0 Å². The van der Waals surface area contributed by atoms with Gasteiger partial charge in [-0.05, 0) is 25.3 Å². The largest absolute Gasteiger partial charge is 0.308 e. The average Bonchev–Trinajstić information content (AvgIpc) is 2.72. The van der Waals surface area contributed by atoms with E-state index >= 15 is 0 Å². The summed E-state index contributed by atoms with van der Waals surface area (Å²) in [6.45, 7) is 5.36. The van der Waals surface area contributed by atoms with Crippen molar-refractivity contribution < 1.29 is 14.4 Å². The number of carbonyl (C=O) groups excluding carboxylic acids is 3. The van der Waals surface area contributed by atoms with Crippen LogP contribution in [-0.4, -0.2) is 42.1 Å². The minimum atomic E-state index is -0.206. The van der Waals surface area contributed by atoms with Crippen LogP contribution in [0.15, 0.2) is 12.2 Å². The number of hydrogen-bond acceptors (Lipinski definition) is 4. The average molecular weight is 280 g/mol. The summed E-state index contributed by atoms with van der Waals surface area (Å²) in [5.74, 6) is -0.1000. The molecule has 20 heavy (non-hydrogen) atoms. The van der Waals surface area contributed by atoms with Crippen LogP contribution in [0.1, 0.15) is 39.5 Å². The second kappa shape index (κ2) is 8.64. The van der Waals surface area contributed by atoms with Gasteiger partial charge >= 0.3 is 0 Å². The molecular formula is C15H24N2O3. The number of aldehydes is 1. The number of hydrogen-bond donors (Lipinski definition) is 1. The summed E-state index contributed by atoms with van der Waals surface area (Å²) in [6, 6.07) is -0.0686. The lowest BCUT2D eigenvalue weighted by Crippen LogP contribution is -2.35. The van der Waals surface area contributed by atoms with Gasteiger partial charge in [0.05, 0.1) is 6.04 Å². The minimum absolute atomic E-state index is 0.0686. The van der Waals surface area contributed by atoms with Crippen molar-refractivity contribution in [3.05, 3.63) is 12.2 Å². The molecule has 0 aliphatic carbocycles. The van der Waals surface area contributed by atoms with Gasteiger partial charge in [-0.3, -0.25) is 14.5 Å². The van der Waals surface area contributed by atoms with Crippen molar-refractivity contribution in [2.45, 2.75) is 45.6 Å². The predicted molar refractivity (Wildman–Crippen MR) is 77.0 cm³/mol. The van der Waals surface area contributed by atoms with Crippen molar-refractivity contribution >= 4 is 18.1 Å². The van der Waals surface area contributed by atoms with Crippen LogP contribution < -0.4 is 5.32 Å². The maximum absolute atomic E-state index is 11.3. The van der Waals surface area contributed by atoms with E-state index in [1.165, 1.54) is 17.1 Å². The van der Waals surface area contributed by atoms with Gasteiger partial charge in [-0.2, -0.15) is 0 Å². The molecule has 1 aliphatic heterocycles. The Morgan fingerprint density at radius 3 is 2.25 bits per heavy atom. The van der Waals surface area contributed by atoms with Crippen molar-refractivity contribution in [1.29, 1.82) is 0 Å². The SMILES string of the molecule is CC(C)C(C=O)NCCCCCCN1C(=O)C=CC1=O. The Morgan fingerprint density at radius 1 is 1.10 bits per heavy atom. The third-order valence-electron chi connectivity index (χ3n) is 3.45. The standard InChI is InChI=1S/C15H24N2O3/c1-12(2)13(11-18)16-9-5-3-4-6-10-17-14(19)7-8-15(17)20/h7-8,11-13,16H,3-6,9-10H2,1-2H3. The highest BCUT2D eigenvalue weighted by Gasteiger charge is 2.22. The van der Waals surface area contributed by atoms with Crippen molar-refractivity contribution in [2.24, 2.45) is 5.92 Å². The molecule has 1 aliphatic rings. The molecule has 0 aromatic carbocycles. The Bertz CT molecular complexity index is 359. The smallest absolute Gasteiger partial charge is 0.253 e. The van der Waals surface area contributed by atoms with Gasteiger partial charge in [0.2, 0.25) is 0 Å². The summed E-state index contributed by atoms with van der Waals surface area (Å²) in [7, 11) is 0. The summed E-state index contributed by atoms with van der Waals surface area (Å²) >= 11 is 0. The normalized spacial score (nSPS) is 16.2. The van der Waals surface area contributed by atoms with E-state index in [-0.39, 0.29) is 17.9 Å². The second-order valence-electron chi connectivity index (χ2n) is 5.44. The summed E-state index contributed by atoms with van der Waals surface area (Å²) < 4.78 is 0. The topological polar surface area (TPSA) is 66.5 Å². The van der Waals surface area contributed by atoms with Gasteiger partial charge in [0.15, 0.2) is 0 Å². The molecule has 0 fully saturated rings. The fourth-order valence-corrected chi connectivity index (χ4v) is 2.11. The van der Waals surface area contributed by atoms with Crippen LogP contribution in [0.2, 0.25) is 0 Å². The van der Waals surface area contributed by atoms with E-state index in [1.54, 1.807) is 0 Å². The molecule has 0 radical (unpaired) electrons. The Morgan fingerprint density at radius 2 is 1.70 bits per heavy atom.